The van der Waals surface area contributed by atoms with Crippen LogP contribution >= 0.6 is 0 Å². The molecular formula is C29H56O6. The van der Waals surface area contributed by atoms with E-state index in [0.29, 0.717) is 6.61 Å². The Morgan fingerprint density at radius 3 is 1.49 bits per heavy atom. The molecule has 35 heavy (non-hydrogen) atoms. The van der Waals surface area contributed by atoms with Gasteiger partial charge < -0.3 is 14.2 Å². The van der Waals surface area contributed by atoms with Gasteiger partial charge in [-0.25, -0.2) is 0 Å². The van der Waals surface area contributed by atoms with Gasteiger partial charge >= 0.3 is 17.9 Å². The lowest BCUT2D eigenvalue weighted by molar-refractivity contribution is -0.161. The molecule has 1 rings (SSSR count). The van der Waals surface area contributed by atoms with E-state index in [-0.39, 0.29) is 40.3 Å². The summed E-state index contributed by atoms with van der Waals surface area (Å²) in [5, 5.41) is 0. The molecule has 0 saturated heterocycles. The molecule has 6 nitrogen and oxygen atoms in total. The van der Waals surface area contributed by atoms with Crippen molar-refractivity contribution in [3.63, 3.8) is 0 Å². The second kappa shape index (κ2) is 17.8. The van der Waals surface area contributed by atoms with Gasteiger partial charge in [-0.05, 0) is 92.9 Å². The molecule has 0 aliphatic heterocycles. The van der Waals surface area contributed by atoms with Crippen LogP contribution in [-0.4, -0.2) is 37.7 Å². The van der Waals surface area contributed by atoms with Crippen molar-refractivity contribution in [1.29, 1.82) is 0 Å². The minimum Gasteiger partial charge on any atom is -0.469 e. The summed E-state index contributed by atoms with van der Waals surface area (Å²) in [5.74, 6) is -0.227. The van der Waals surface area contributed by atoms with Gasteiger partial charge in [0.15, 0.2) is 0 Å². The van der Waals surface area contributed by atoms with Crippen molar-refractivity contribution in [2.75, 3.05) is 13.7 Å². The van der Waals surface area contributed by atoms with E-state index in [4.69, 9.17) is 9.47 Å². The normalized spacial score (nSPS) is 14.5. The van der Waals surface area contributed by atoms with Crippen LogP contribution in [0.4, 0.5) is 0 Å². The Hall–Kier alpha value is -1.59. The second-order valence-corrected chi connectivity index (χ2v) is 11.4. The van der Waals surface area contributed by atoms with Crippen LogP contribution in [-0.2, 0) is 28.6 Å². The summed E-state index contributed by atoms with van der Waals surface area (Å²) in [5.41, 5.74) is -0.931. The summed E-state index contributed by atoms with van der Waals surface area (Å²) in [6.45, 7) is 20.1. The van der Waals surface area contributed by atoms with Gasteiger partial charge in [0.1, 0.15) is 6.10 Å². The van der Waals surface area contributed by atoms with Gasteiger partial charge in [-0.15, -0.1) is 0 Å². The van der Waals surface area contributed by atoms with Gasteiger partial charge in [0, 0.05) is 0 Å². The third-order valence-electron chi connectivity index (χ3n) is 7.05. The SMILES string of the molecule is CCC(C)(C)C(=O)OC.CCC(C)(C)C(=O)OC1CCCCC1.CCCCOC(=O)C(C)(C)CC. The van der Waals surface area contributed by atoms with Crippen molar-refractivity contribution in [2.45, 2.75) is 140 Å². The number of esters is 3. The van der Waals surface area contributed by atoms with Crippen LogP contribution in [0.25, 0.3) is 0 Å². The highest BCUT2D eigenvalue weighted by atomic mass is 16.5. The van der Waals surface area contributed by atoms with E-state index in [9.17, 15) is 14.4 Å². The van der Waals surface area contributed by atoms with E-state index in [2.05, 4.69) is 11.7 Å². The van der Waals surface area contributed by atoms with Crippen LogP contribution in [0.2, 0.25) is 0 Å². The molecule has 0 atom stereocenters. The van der Waals surface area contributed by atoms with Crippen molar-refractivity contribution in [3.05, 3.63) is 0 Å². The molecule has 0 heterocycles. The van der Waals surface area contributed by atoms with Gasteiger partial charge in [0.05, 0.1) is 30.0 Å². The quantitative estimate of drug-likeness (QED) is 0.174. The number of hydrogen-bond acceptors (Lipinski definition) is 6. The molecule has 1 fully saturated rings. The zero-order chi connectivity index (χ0) is 27.7. The Morgan fingerprint density at radius 2 is 1.11 bits per heavy atom. The number of ether oxygens (including phenoxy) is 3. The fourth-order valence-corrected chi connectivity index (χ4v) is 2.71. The highest BCUT2D eigenvalue weighted by molar-refractivity contribution is 5.76. The lowest BCUT2D eigenvalue weighted by Gasteiger charge is -2.27. The summed E-state index contributed by atoms with van der Waals surface area (Å²) < 4.78 is 15.2. The minimum atomic E-state index is -0.312. The Kier molecular flexibility index (Phi) is 18.1. The summed E-state index contributed by atoms with van der Waals surface area (Å²) >= 11 is 0. The molecule has 0 amide bonds. The molecule has 0 aromatic carbocycles. The number of hydrogen-bond donors (Lipinski definition) is 0. The van der Waals surface area contributed by atoms with Gasteiger partial charge in [-0.3, -0.25) is 14.4 Å². The summed E-state index contributed by atoms with van der Waals surface area (Å²) in [6.07, 6.45) is 10.6. The first-order chi connectivity index (χ1) is 16.1. The van der Waals surface area contributed by atoms with Crippen LogP contribution in [0.5, 0.6) is 0 Å². The molecular weight excluding hydrogens is 444 g/mol. The Bertz CT molecular complexity index is 600. The maximum Gasteiger partial charge on any atom is 0.311 e. The molecule has 0 unspecified atom stereocenters. The lowest BCUT2D eigenvalue weighted by Crippen LogP contribution is -2.31. The summed E-state index contributed by atoms with van der Waals surface area (Å²) in [6, 6.07) is 0. The summed E-state index contributed by atoms with van der Waals surface area (Å²) in [4.78, 5) is 33.9. The number of unbranched alkanes of at least 4 members (excludes halogenated alkanes) is 1. The van der Waals surface area contributed by atoms with Crippen LogP contribution in [0.15, 0.2) is 0 Å². The number of carbonyl (C=O) groups is 3. The minimum absolute atomic E-state index is 0.0214. The van der Waals surface area contributed by atoms with E-state index < -0.39 is 0 Å². The maximum atomic E-state index is 11.7. The third kappa shape index (κ3) is 15.2. The highest BCUT2D eigenvalue weighted by Crippen LogP contribution is 2.26. The number of carbonyl (C=O) groups excluding carboxylic acids is 3. The Balaban J connectivity index is 0. The standard InChI is InChI=1S/C12H22O2.C10H20O2.C7H14O2/c1-4-12(2,3)11(13)14-10-8-6-5-7-9-10;1-5-7-8-12-9(11)10(3,4)6-2;1-5-7(2,3)6(8)9-4/h10H,4-9H2,1-3H3;5-8H2,1-4H3;5H2,1-4H3. The van der Waals surface area contributed by atoms with Crippen LogP contribution in [0.1, 0.15) is 133 Å². The first-order valence-electron chi connectivity index (χ1n) is 13.6. The molecule has 0 aromatic heterocycles. The molecule has 0 aromatic rings. The van der Waals surface area contributed by atoms with Crippen LogP contribution in [0, 0.1) is 16.2 Å². The molecule has 0 spiro atoms. The Morgan fingerprint density at radius 1 is 0.686 bits per heavy atom. The summed E-state index contributed by atoms with van der Waals surface area (Å²) in [7, 11) is 1.42. The van der Waals surface area contributed by atoms with Crippen molar-refractivity contribution in [2.24, 2.45) is 16.2 Å². The average molecular weight is 501 g/mol. The van der Waals surface area contributed by atoms with Crippen molar-refractivity contribution in [3.8, 4) is 0 Å². The molecule has 1 saturated carbocycles. The van der Waals surface area contributed by atoms with E-state index in [0.717, 1.165) is 44.9 Å². The number of methoxy groups -OCH3 is 1. The van der Waals surface area contributed by atoms with E-state index in [1.54, 1.807) is 0 Å². The van der Waals surface area contributed by atoms with Gasteiger partial charge in [-0.1, -0.05) is 40.5 Å². The molecule has 0 N–H and O–H groups in total. The topological polar surface area (TPSA) is 78.9 Å². The zero-order valence-corrected chi connectivity index (χ0v) is 24.8. The fourth-order valence-electron chi connectivity index (χ4n) is 2.71. The van der Waals surface area contributed by atoms with Crippen LogP contribution in [0.3, 0.4) is 0 Å². The van der Waals surface area contributed by atoms with Gasteiger partial charge in [0.2, 0.25) is 0 Å². The van der Waals surface area contributed by atoms with Gasteiger partial charge in [-0.2, -0.15) is 0 Å². The monoisotopic (exact) mass is 500 g/mol. The maximum absolute atomic E-state index is 11.7. The fraction of sp³-hybridized carbons (Fsp3) is 0.897. The largest absolute Gasteiger partial charge is 0.469 e. The first-order valence-corrected chi connectivity index (χ1v) is 13.6. The van der Waals surface area contributed by atoms with Crippen molar-refractivity contribution >= 4 is 17.9 Å². The van der Waals surface area contributed by atoms with Gasteiger partial charge in [0.25, 0.3) is 0 Å². The predicted octanol–water partition coefficient (Wildman–Crippen LogP) is 7.66. The molecule has 1 aliphatic rings. The third-order valence-corrected chi connectivity index (χ3v) is 7.05. The second-order valence-electron chi connectivity index (χ2n) is 11.4. The van der Waals surface area contributed by atoms with Crippen molar-refractivity contribution < 1.29 is 28.6 Å². The van der Waals surface area contributed by atoms with E-state index >= 15 is 0 Å². The van der Waals surface area contributed by atoms with E-state index in [1.807, 2.05) is 62.3 Å². The predicted molar refractivity (Wildman–Crippen MR) is 143 cm³/mol. The smallest absolute Gasteiger partial charge is 0.311 e. The molecule has 0 radical (unpaired) electrons. The van der Waals surface area contributed by atoms with Crippen molar-refractivity contribution in [1.82, 2.24) is 0 Å². The highest BCUT2D eigenvalue weighted by Gasteiger charge is 2.30. The zero-order valence-electron chi connectivity index (χ0n) is 24.8. The molecule has 208 valence electrons. The van der Waals surface area contributed by atoms with Crippen LogP contribution < -0.4 is 0 Å². The molecule has 0 bridgehead atoms. The lowest BCUT2D eigenvalue weighted by atomic mass is 9.90. The van der Waals surface area contributed by atoms with E-state index in [1.165, 1.54) is 26.4 Å². The first kappa shape index (κ1) is 35.6. The molecule has 6 heteroatoms. The molecule has 1 aliphatic carbocycles. The number of rotatable bonds is 10. The average Bonchev–Trinajstić information content (AvgIpc) is 2.84. The Labute approximate surface area is 216 Å².